The second-order valence-electron chi connectivity index (χ2n) is 8.55. The molecule has 1 heterocycles. The number of carbonyl (C=O) groups is 1. The first-order valence-electron chi connectivity index (χ1n) is 12.4. The summed E-state index contributed by atoms with van der Waals surface area (Å²) in [5.74, 6) is 0.917. The van der Waals surface area contributed by atoms with E-state index in [-0.39, 0.29) is 36.9 Å². The molecule has 2 aromatic rings. The number of hydrogen-bond donors (Lipinski definition) is 1. The third-order valence-electron chi connectivity index (χ3n) is 5.73. The van der Waals surface area contributed by atoms with E-state index in [2.05, 4.69) is 5.32 Å². The van der Waals surface area contributed by atoms with Crippen molar-refractivity contribution in [2.24, 2.45) is 0 Å². The van der Waals surface area contributed by atoms with E-state index in [0.29, 0.717) is 56.5 Å². The van der Waals surface area contributed by atoms with Crippen molar-refractivity contribution in [2.75, 3.05) is 63.2 Å². The van der Waals surface area contributed by atoms with E-state index in [4.69, 9.17) is 14.2 Å². The zero-order valence-corrected chi connectivity index (χ0v) is 23.3. The summed E-state index contributed by atoms with van der Waals surface area (Å²) < 4.78 is 68.7. The van der Waals surface area contributed by atoms with E-state index in [9.17, 15) is 21.6 Å². The van der Waals surface area contributed by atoms with Gasteiger partial charge in [-0.15, -0.1) is 0 Å². The Morgan fingerprint density at radius 2 is 1.58 bits per heavy atom. The van der Waals surface area contributed by atoms with Gasteiger partial charge in [0.05, 0.1) is 43.2 Å². The predicted octanol–water partition coefficient (Wildman–Crippen LogP) is 1.85. The van der Waals surface area contributed by atoms with Crippen LogP contribution in [0.15, 0.2) is 53.4 Å². The summed E-state index contributed by atoms with van der Waals surface area (Å²) >= 11 is 0. The first kappa shape index (κ1) is 29.7. The molecule has 3 rings (SSSR count). The number of hydrogen-bond acceptors (Lipinski definition) is 8. The fourth-order valence-electron chi connectivity index (χ4n) is 3.84. The fraction of sp³-hybridized carbons (Fsp3) is 0.480. The van der Waals surface area contributed by atoms with Crippen molar-refractivity contribution in [3.63, 3.8) is 0 Å². The maximum Gasteiger partial charge on any atom is 0.243 e. The Morgan fingerprint density at radius 1 is 0.974 bits per heavy atom. The summed E-state index contributed by atoms with van der Waals surface area (Å²) in [6.07, 6.45) is 1.62. The molecule has 1 fully saturated rings. The third-order valence-corrected chi connectivity index (χ3v) is 8.83. The Hall–Kier alpha value is -2.87. The lowest BCUT2D eigenvalue weighted by Crippen LogP contribution is -2.40. The molecule has 11 nitrogen and oxygen atoms in total. The zero-order chi connectivity index (χ0) is 27.6. The number of rotatable bonds is 14. The summed E-state index contributed by atoms with van der Waals surface area (Å²) in [4.78, 5) is 12.4. The highest BCUT2D eigenvalue weighted by Gasteiger charge is 2.26. The molecule has 13 heteroatoms. The second-order valence-corrected chi connectivity index (χ2v) is 12.4. The minimum Gasteiger partial charge on any atom is -0.494 e. The molecule has 0 atom stereocenters. The number of anilines is 1. The van der Waals surface area contributed by atoms with E-state index in [1.807, 2.05) is 6.92 Å². The van der Waals surface area contributed by atoms with Crippen LogP contribution in [0.2, 0.25) is 0 Å². The van der Waals surface area contributed by atoms with E-state index in [0.717, 1.165) is 6.26 Å². The normalized spacial score (nSPS) is 14.6. The quantitative estimate of drug-likeness (QED) is 0.341. The second kappa shape index (κ2) is 13.8. The molecule has 0 saturated carbocycles. The smallest absolute Gasteiger partial charge is 0.243 e. The molecule has 0 spiro atoms. The van der Waals surface area contributed by atoms with Crippen molar-refractivity contribution in [1.82, 2.24) is 9.62 Å². The van der Waals surface area contributed by atoms with Crippen LogP contribution in [0.1, 0.15) is 19.8 Å². The largest absolute Gasteiger partial charge is 0.494 e. The SMILES string of the molecule is CCOc1ccc(N(CCCC(=O)NCCOc2ccc(S(=O)(=O)N3CCOCC3)cc2)S(C)(=O)=O)cc1. The highest BCUT2D eigenvalue weighted by molar-refractivity contribution is 7.92. The Labute approximate surface area is 224 Å². The average molecular weight is 570 g/mol. The van der Waals surface area contributed by atoms with Crippen LogP contribution in [0.4, 0.5) is 5.69 Å². The minimum absolute atomic E-state index is 0.150. The molecule has 38 heavy (non-hydrogen) atoms. The zero-order valence-electron chi connectivity index (χ0n) is 21.7. The maximum atomic E-state index is 12.7. The standard InChI is InChI=1S/C25H35N3O8S2/c1-3-35-22-8-6-21(7-9-22)28(37(2,30)31)15-4-5-25(29)26-14-18-36-23-10-12-24(13-11-23)38(32,33)27-16-19-34-20-17-27/h6-13H,3-5,14-20H2,1-2H3,(H,26,29). The summed E-state index contributed by atoms with van der Waals surface area (Å²) in [7, 11) is -7.08. The number of nitrogens with zero attached hydrogens (tertiary/aromatic N) is 2. The number of nitrogens with one attached hydrogen (secondary N) is 1. The average Bonchev–Trinajstić information content (AvgIpc) is 2.90. The Morgan fingerprint density at radius 3 is 2.18 bits per heavy atom. The number of amides is 1. The van der Waals surface area contributed by atoms with Gasteiger partial charge in [-0.25, -0.2) is 16.8 Å². The highest BCUT2D eigenvalue weighted by atomic mass is 32.2. The van der Waals surface area contributed by atoms with Crippen LogP contribution >= 0.6 is 0 Å². The molecule has 1 aliphatic heterocycles. The van der Waals surface area contributed by atoms with E-state index < -0.39 is 20.0 Å². The number of sulfonamides is 2. The van der Waals surface area contributed by atoms with Gasteiger partial charge in [-0.3, -0.25) is 9.10 Å². The van der Waals surface area contributed by atoms with Gasteiger partial charge >= 0.3 is 0 Å². The molecule has 1 N–H and O–H groups in total. The molecule has 0 radical (unpaired) electrons. The van der Waals surface area contributed by atoms with Crippen LogP contribution in [0.25, 0.3) is 0 Å². The summed E-state index contributed by atoms with van der Waals surface area (Å²) in [6, 6.07) is 12.9. The Bertz CT molecular complexity index is 1240. The predicted molar refractivity (Wildman–Crippen MR) is 144 cm³/mol. The van der Waals surface area contributed by atoms with Gasteiger partial charge < -0.3 is 19.5 Å². The van der Waals surface area contributed by atoms with Gasteiger partial charge in [0.15, 0.2) is 0 Å². The molecule has 0 unspecified atom stereocenters. The van der Waals surface area contributed by atoms with Crippen molar-refractivity contribution >= 4 is 31.6 Å². The van der Waals surface area contributed by atoms with E-state index in [1.165, 1.54) is 20.7 Å². The third kappa shape index (κ3) is 8.58. The van der Waals surface area contributed by atoms with Crippen molar-refractivity contribution in [1.29, 1.82) is 0 Å². The van der Waals surface area contributed by atoms with Crippen LogP contribution in [0, 0.1) is 0 Å². The Balaban J connectivity index is 1.40. The van der Waals surface area contributed by atoms with Gasteiger partial charge in [-0.2, -0.15) is 4.31 Å². The lowest BCUT2D eigenvalue weighted by atomic mass is 10.2. The van der Waals surface area contributed by atoms with Crippen LogP contribution in [-0.4, -0.2) is 85.9 Å². The molecule has 1 aliphatic rings. The van der Waals surface area contributed by atoms with E-state index in [1.54, 1.807) is 36.4 Å². The van der Waals surface area contributed by atoms with Crippen molar-refractivity contribution < 1.29 is 35.8 Å². The van der Waals surface area contributed by atoms with Gasteiger partial charge in [-0.1, -0.05) is 0 Å². The van der Waals surface area contributed by atoms with Gasteiger partial charge in [0.1, 0.15) is 18.1 Å². The maximum absolute atomic E-state index is 12.7. The number of morpholine rings is 1. The van der Waals surface area contributed by atoms with E-state index >= 15 is 0 Å². The molecule has 0 aromatic heterocycles. The summed E-state index contributed by atoms with van der Waals surface area (Å²) in [6.45, 7) is 4.41. The molecule has 0 bridgehead atoms. The molecular formula is C25H35N3O8S2. The van der Waals surface area contributed by atoms with Crippen molar-refractivity contribution in [3.8, 4) is 11.5 Å². The lowest BCUT2D eigenvalue weighted by Gasteiger charge is -2.26. The van der Waals surface area contributed by atoms with Crippen molar-refractivity contribution in [2.45, 2.75) is 24.7 Å². The van der Waals surface area contributed by atoms with Crippen molar-refractivity contribution in [3.05, 3.63) is 48.5 Å². The topological polar surface area (TPSA) is 132 Å². The van der Waals surface area contributed by atoms with Gasteiger partial charge in [0.2, 0.25) is 26.0 Å². The first-order valence-corrected chi connectivity index (χ1v) is 15.7. The number of ether oxygens (including phenoxy) is 3. The number of benzene rings is 2. The van der Waals surface area contributed by atoms with Crippen LogP contribution < -0.4 is 19.1 Å². The molecule has 2 aromatic carbocycles. The molecule has 1 amide bonds. The lowest BCUT2D eigenvalue weighted by molar-refractivity contribution is -0.121. The Kier molecular flexibility index (Phi) is 10.8. The molecule has 1 saturated heterocycles. The van der Waals surface area contributed by atoms with Crippen LogP contribution in [0.5, 0.6) is 11.5 Å². The van der Waals surface area contributed by atoms with Crippen LogP contribution in [-0.2, 0) is 29.6 Å². The van der Waals surface area contributed by atoms with Crippen LogP contribution in [0.3, 0.4) is 0 Å². The fourth-order valence-corrected chi connectivity index (χ4v) is 6.21. The molecule has 0 aliphatic carbocycles. The molecular weight excluding hydrogens is 534 g/mol. The van der Waals surface area contributed by atoms with Gasteiger partial charge in [-0.05, 0) is 61.9 Å². The minimum atomic E-state index is -3.57. The highest BCUT2D eigenvalue weighted by Crippen LogP contribution is 2.23. The summed E-state index contributed by atoms with van der Waals surface area (Å²) in [5, 5.41) is 2.74. The first-order chi connectivity index (χ1) is 18.1. The number of carbonyl (C=O) groups excluding carboxylic acids is 1. The van der Waals surface area contributed by atoms with Gasteiger partial charge in [0, 0.05) is 26.1 Å². The summed E-state index contributed by atoms with van der Waals surface area (Å²) in [5.41, 5.74) is 0.508. The monoisotopic (exact) mass is 569 g/mol. The van der Waals surface area contributed by atoms with Gasteiger partial charge in [0.25, 0.3) is 0 Å². The molecule has 210 valence electrons.